The second-order valence-electron chi connectivity index (χ2n) is 5.84. The minimum atomic E-state index is -1.08. The number of hydrogen-bond acceptors (Lipinski definition) is 4. The summed E-state index contributed by atoms with van der Waals surface area (Å²) in [5.74, 6) is -1.08. The highest BCUT2D eigenvalue weighted by atomic mass is 16.6. The average molecular weight is 315 g/mol. The maximum Gasteiger partial charge on any atom is 0.336 e. The van der Waals surface area contributed by atoms with E-state index in [2.05, 4.69) is 5.10 Å². The molecule has 2 aromatic rings. The molecule has 1 N–H and O–H groups in total. The number of aromatic nitrogens is 2. The zero-order valence-corrected chi connectivity index (χ0v) is 12.5. The van der Waals surface area contributed by atoms with Crippen molar-refractivity contribution in [3.8, 4) is 0 Å². The number of carboxylic acid groups (broad SMARTS) is 1. The van der Waals surface area contributed by atoms with E-state index in [0.717, 1.165) is 32.1 Å². The minimum absolute atomic E-state index is 0.0953. The van der Waals surface area contributed by atoms with Crippen LogP contribution in [0, 0.1) is 10.1 Å². The van der Waals surface area contributed by atoms with Gasteiger partial charge in [-0.25, -0.2) is 4.79 Å². The standard InChI is InChI=1S/C16H17N3O4/c20-15(21)13-6-5-12(19(22)23)11-14(13)16(7-2-1-3-8-16)18-10-4-9-17-18/h4-6,9-11H,1-3,7-8H2,(H,20,21). The third kappa shape index (κ3) is 2.58. The number of non-ortho nitro benzene ring substituents is 1. The van der Waals surface area contributed by atoms with E-state index in [4.69, 9.17) is 0 Å². The first-order chi connectivity index (χ1) is 11.0. The van der Waals surface area contributed by atoms with Crippen LogP contribution < -0.4 is 0 Å². The third-order valence-corrected chi connectivity index (χ3v) is 4.57. The van der Waals surface area contributed by atoms with Crippen molar-refractivity contribution in [2.24, 2.45) is 0 Å². The fraction of sp³-hybridized carbons (Fsp3) is 0.375. The van der Waals surface area contributed by atoms with Crippen LogP contribution in [-0.2, 0) is 5.54 Å². The SMILES string of the molecule is O=C(O)c1ccc([N+](=O)[O-])cc1C1(n2cccn2)CCCCC1. The highest BCUT2D eigenvalue weighted by molar-refractivity contribution is 5.90. The van der Waals surface area contributed by atoms with E-state index in [9.17, 15) is 20.0 Å². The number of aromatic carboxylic acids is 1. The van der Waals surface area contributed by atoms with Gasteiger partial charge in [-0.2, -0.15) is 5.10 Å². The van der Waals surface area contributed by atoms with Crippen LogP contribution in [0.1, 0.15) is 48.0 Å². The number of carboxylic acids is 1. The van der Waals surface area contributed by atoms with Gasteiger partial charge in [-0.05, 0) is 25.0 Å². The van der Waals surface area contributed by atoms with E-state index in [1.165, 1.54) is 18.2 Å². The van der Waals surface area contributed by atoms with Gasteiger partial charge in [0.2, 0.25) is 0 Å². The molecular formula is C16H17N3O4. The number of nitro groups is 1. The van der Waals surface area contributed by atoms with Crippen molar-refractivity contribution < 1.29 is 14.8 Å². The van der Waals surface area contributed by atoms with Crippen LogP contribution >= 0.6 is 0 Å². The Bertz CT molecular complexity index is 734. The number of carbonyl (C=O) groups is 1. The molecule has 1 aliphatic rings. The van der Waals surface area contributed by atoms with Gasteiger partial charge >= 0.3 is 5.97 Å². The molecule has 3 rings (SSSR count). The normalized spacial score (nSPS) is 16.9. The van der Waals surface area contributed by atoms with Gasteiger partial charge in [0.15, 0.2) is 0 Å². The van der Waals surface area contributed by atoms with Crippen LogP contribution in [0.2, 0.25) is 0 Å². The maximum absolute atomic E-state index is 11.7. The molecule has 7 nitrogen and oxygen atoms in total. The van der Waals surface area contributed by atoms with Crippen LogP contribution in [-0.4, -0.2) is 25.8 Å². The van der Waals surface area contributed by atoms with E-state index in [1.807, 2.05) is 0 Å². The summed E-state index contributed by atoms with van der Waals surface area (Å²) in [6, 6.07) is 5.76. The molecular weight excluding hydrogens is 298 g/mol. The smallest absolute Gasteiger partial charge is 0.336 e. The van der Waals surface area contributed by atoms with Crippen molar-refractivity contribution in [2.45, 2.75) is 37.6 Å². The Kier molecular flexibility index (Phi) is 3.85. The molecule has 1 aliphatic carbocycles. The van der Waals surface area contributed by atoms with Gasteiger partial charge < -0.3 is 5.11 Å². The molecule has 0 bridgehead atoms. The van der Waals surface area contributed by atoms with Crippen molar-refractivity contribution in [1.29, 1.82) is 0 Å². The number of benzene rings is 1. The Morgan fingerprint density at radius 3 is 2.61 bits per heavy atom. The average Bonchev–Trinajstić information content (AvgIpc) is 3.09. The Balaban J connectivity index is 2.24. The minimum Gasteiger partial charge on any atom is -0.478 e. The monoisotopic (exact) mass is 315 g/mol. The van der Waals surface area contributed by atoms with Crippen molar-refractivity contribution >= 4 is 11.7 Å². The summed E-state index contributed by atoms with van der Waals surface area (Å²) in [4.78, 5) is 22.3. The van der Waals surface area contributed by atoms with Crippen molar-refractivity contribution in [2.75, 3.05) is 0 Å². The zero-order valence-electron chi connectivity index (χ0n) is 12.5. The van der Waals surface area contributed by atoms with Crippen LogP contribution in [0.5, 0.6) is 0 Å². The molecule has 1 saturated carbocycles. The molecule has 1 fully saturated rings. The lowest BCUT2D eigenvalue weighted by Crippen LogP contribution is -2.39. The first-order valence-corrected chi connectivity index (χ1v) is 7.57. The summed E-state index contributed by atoms with van der Waals surface area (Å²) in [7, 11) is 0. The summed E-state index contributed by atoms with van der Waals surface area (Å²) in [6.07, 6.45) is 7.82. The van der Waals surface area contributed by atoms with Gasteiger partial charge in [0.1, 0.15) is 0 Å². The lowest BCUT2D eigenvalue weighted by Gasteiger charge is -2.38. The van der Waals surface area contributed by atoms with Gasteiger partial charge in [-0.15, -0.1) is 0 Å². The topological polar surface area (TPSA) is 98.3 Å². The van der Waals surface area contributed by atoms with Gasteiger partial charge in [0.05, 0.1) is 16.0 Å². The molecule has 0 radical (unpaired) electrons. The largest absolute Gasteiger partial charge is 0.478 e. The Morgan fingerprint density at radius 1 is 1.30 bits per heavy atom. The number of rotatable bonds is 4. The number of nitro benzene ring substituents is 1. The van der Waals surface area contributed by atoms with Gasteiger partial charge in [0, 0.05) is 30.1 Å². The second-order valence-corrected chi connectivity index (χ2v) is 5.84. The summed E-state index contributed by atoms with van der Waals surface area (Å²) < 4.78 is 1.76. The van der Waals surface area contributed by atoms with E-state index in [1.54, 1.807) is 23.1 Å². The van der Waals surface area contributed by atoms with Crippen LogP contribution in [0.3, 0.4) is 0 Å². The number of hydrogen-bond donors (Lipinski definition) is 1. The van der Waals surface area contributed by atoms with Crippen molar-refractivity contribution in [3.05, 3.63) is 57.9 Å². The molecule has 23 heavy (non-hydrogen) atoms. The molecule has 7 heteroatoms. The molecule has 0 saturated heterocycles. The zero-order chi connectivity index (χ0) is 16.4. The maximum atomic E-state index is 11.7. The fourth-order valence-electron chi connectivity index (χ4n) is 3.50. The van der Waals surface area contributed by atoms with Gasteiger partial charge in [-0.1, -0.05) is 19.3 Å². The highest BCUT2D eigenvalue weighted by Crippen LogP contribution is 2.42. The molecule has 1 heterocycles. The summed E-state index contributed by atoms with van der Waals surface area (Å²) in [5, 5.41) is 25.0. The van der Waals surface area contributed by atoms with Crippen LogP contribution in [0.25, 0.3) is 0 Å². The molecule has 0 amide bonds. The number of nitrogens with zero attached hydrogens (tertiary/aromatic N) is 3. The molecule has 120 valence electrons. The lowest BCUT2D eigenvalue weighted by molar-refractivity contribution is -0.385. The van der Waals surface area contributed by atoms with E-state index in [0.29, 0.717) is 5.56 Å². The second kappa shape index (κ2) is 5.83. The molecule has 1 aromatic heterocycles. The third-order valence-electron chi connectivity index (χ3n) is 4.57. The van der Waals surface area contributed by atoms with Crippen LogP contribution in [0.15, 0.2) is 36.7 Å². The summed E-state index contributed by atoms with van der Waals surface area (Å²) >= 11 is 0. The van der Waals surface area contributed by atoms with Crippen molar-refractivity contribution in [3.63, 3.8) is 0 Å². The van der Waals surface area contributed by atoms with Crippen LogP contribution in [0.4, 0.5) is 5.69 Å². The molecule has 0 unspecified atom stereocenters. The quantitative estimate of drug-likeness (QED) is 0.690. The summed E-state index contributed by atoms with van der Waals surface area (Å²) in [6.45, 7) is 0. The molecule has 0 atom stereocenters. The molecule has 0 aliphatic heterocycles. The van der Waals surface area contributed by atoms with E-state index < -0.39 is 16.4 Å². The first-order valence-electron chi connectivity index (χ1n) is 7.57. The first kappa shape index (κ1) is 15.2. The summed E-state index contributed by atoms with van der Waals surface area (Å²) in [5.41, 5.74) is -0.153. The fourth-order valence-corrected chi connectivity index (χ4v) is 3.50. The molecule has 1 aromatic carbocycles. The predicted octanol–water partition coefficient (Wildman–Crippen LogP) is 3.20. The van der Waals surface area contributed by atoms with E-state index in [-0.39, 0.29) is 11.3 Å². The predicted molar refractivity (Wildman–Crippen MR) is 82.4 cm³/mol. The Hall–Kier alpha value is -2.70. The van der Waals surface area contributed by atoms with Gasteiger partial charge in [0.25, 0.3) is 5.69 Å². The Labute approximate surface area is 132 Å². The lowest BCUT2D eigenvalue weighted by atomic mass is 9.75. The Morgan fingerprint density at radius 2 is 2.04 bits per heavy atom. The molecule has 0 spiro atoms. The van der Waals surface area contributed by atoms with E-state index >= 15 is 0 Å². The highest BCUT2D eigenvalue weighted by Gasteiger charge is 2.40. The van der Waals surface area contributed by atoms with Gasteiger partial charge in [-0.3, -0.25) is 14.8 Å². The van der Waals surface area contributed by atoms with Crippen molar-refractivity contribution in [1.82, 2.24) is 9.78 Å².